The summed E-state index contributed by atoms with van der Waals surface area (Å²) in [5, 5.41) is 0.204. The molecular weight excluding hydrogens is 279 g/mol. The molecule has 0 aliphatic carbocycles. The molecule has 1 N–H and O–H groups in total. The van der Waals surface area contributed by atoms with Crippen molar-refractivity contribution in [3.8, 4) is 0 Å². The Labute approximate surface area is 108 Å². The van der Waals surface area contributed by atoms with Crippen LogP contribution in [0.5, 0.6) is 0 Å². The quantitative estimate of drug-likeness (QED) is 0.883. The SMILES string of the molecule is O=S(=O)(Nc1ccc(F)cc1)c1ccc(Cl)nc1. The largest absolute Gasteiger partial charge is 0.280 e. The van der Waals surface area contributed by atoms with Gasteiger partial charge in [0.1, 0.15) is 15.9 Å². The van der Waals surface area contributed by atoms with Crippen molar-refractivity contribution in [1.82, 2.24) is 4.98 Å². The number of hydrogen-bond acceptors (Lipinski definition) is 3. The summed E-state index contributed by atoms with van der Waals surface area (Å²) in [6, 6.07) is 7.70. The van der Waals surface area contributed by atoms with Crippen LogP contribution in [0.2, 0.25) is 5.15 Å². The lowest BCUT2D eigenvalue weighted by atomic mass is 10.3. The Hall–Kier alpha value is -1.66. The fourth-order valence-corrected chi connectivity index (χ4v) is 2.37. The van der Waals surface area contributed by atoms with Crippen molar-refractivity contribution < 1.29 is 12.8 Å². The number of hydrogen-bond donors (Lipinski definition) is 1. The number of rotatable bonds is 3. The van der Waals surface area contributed by atoms with E-state index in [1.807, 2.05) is 0 Å². The van der Waals surface area contributed by atoms with Gasteiger partial charge < -0.3 is 0 Å². The van der Waals surface area contributed by atoms with Crippen LogP contribution in [-0.2, 0) is 10.0 Å². The van der Waals surface area contributed by atoms with Crippen molar-refractivity contribution in [3.63, 3.8) is 0 Å². The van der Waals surface area contributed by atoms with E-state index in [9.17, 15) is 12.8 Å². The zero-order chi connectivity index (χ0) is 13.2. The van der Waals surface area contributed by atoms with Gasteiger partial charge in [0.2, 0.25) is 0 Å². The van der Waals surface area contributed by atoms with Crippen LogP contribution >= 0.6 is 11.6 Å². The highest BCUT2D eigenvalue weighted by Crippen LogP contribution is 2.16. The Morgan fingerprint density at radius 3 is 2.33 bits per heavy atom. The summed E-state index contributed by atoms with van der Waals surface area (Å²) in [6.45, 7) is 0. The number of sulfonamides is 1. The van der Waals surface area contributed by atoms with E-state index >= 15 is 0 Å². The minimum atomic E-state index is -3.74. The molecule has 0 saturated carbocycles. The minimum Gasteiger partial charge on any atom is -0.280 e. The van der Waals surface area contributed by atoms with Crippen molar-refractivity contribution in [2.24, 2.45) is 0 Å². The summed E-state index contributed by atoms with van der Waals surface area (Å²) in [7, 11) is -3.74. The molecule has 94 valence electrons. The molecule has 0 radical (unpaired) electrons. The third-order valence-electron chi connectivity index (χ3n) is 2.11. The molecule has 0 bridgehead atoms. The van der Waals surface area contributed by atoms with Gasteiger partial charge in [-0.15, -0.1) is 0 Å². The van der Waals surface area contributed by atoms with E-state index < -0.39 is 15.8 Å². The van der Waals surface area contributed by atoms with Gasteiger partial charge in [-0.1, -0.05) is 11.6 Å². The lowest BCUT2D eigenvalue weighted by Gasteiger charge is -2.07. The van der Waals surface area contributed by atoms with Gasteiger partial charge in [-0.25, -0.2) is 17.8 Å². The highest BCUT2D eigenvalue weighted by Gasteiger charge is 2.14. The standard InChI is InChI=1S/C11H8ClFN2O2S/c12-11-6-5-10(7-14-11)18(16,17)15-9-3-1-8(13)2-4-9/h1-7,15H. The zero-order valence-corrected chi connectivity index (χ0v) is 10.5. The maximum atomic E-state index is 12.7. The molecule has 4 nitrogen and oxygen atoms in total. The van der Waals surface area contributed by atoms with Gasteiger partial charge in [-0.05, 0) is 36.4 Å². The molecule has 0 aliphatic rings. The summed E-state index contributed by atoms with van der Waals surface area (Å²) in [5.74, 6) is -0.439. The van der Waals surface area contributed by atoms with Gasteiger partial charge in [0.25, 0.3) is 10.0 Å². The second-order valence-corrected chi connectivity index (χ2v) is 5.50. The molecule has 0 amide bonds. The van der Waals surface area contributed by atoms with E-state index in [0.717, 1.165) is 18.3 Å². The minimum absolute atomic E-state index is 0.0174. The summed E-state index contributed by atoms with van der Waals surface area (Å²) in [6.07, 6.45) is 1.15. The van der Waals surface area contributed by atoms with E-state index in [1.165, 1.54) is 24.3 Å². The van der Waals surface area contributed by atoms with Crippen LogP contribution in [0.25, 0.3) is 0 Å². The van der Waals surface area contributed by atoms with Crippen molar-refractivity contribution in [2.75, 3.05) is 4.72 Å². The zero-order valence-electron chi connectivity index (χ0n) is 8.97. The van der Waals surface area contributed by atoms with Crippen LogP contribution in [0.3, 0.4) is 0 Å². The van der Waals surface area contributed by atoms with Gasteiger partial charge in [-0.2, -0.15) is 0 Å². The Morgan fingerprint density at radius 2 is 1.78 bits per heavy atom. The number of benzene rings is 1. The van der Waals surface area contributed by atoms with Crippen LogP contribution in [0.4, 0.5) is 10.1 Å². The fraction of sp³-hybridized carbons (Fsp3) is 0. The van der Waals surface area contributed by atoms with E-state index in [-0.39, 0.29) is 15.7 Å². The van der Waals surface area contributed by atoms with E-state index in [1.54, 1.807) is 0 Å². The molecule has 1 heterocycles. The van der Waals surface area contributed by atoms with Crippen LogP contribution in [0.1, 0.15) is 0 Å². The van der Waals surface area contributed by atoms with E-state index in [0.29, 0.717) is 0 Å². The van der Waals surface area contributed by atoms with Crippen molar-refractivity contribution >= 4 is 27.3 Å². The highest BCUT2D eigenvalue weighted by atomic mass is 35.5. The average molecular weight is 287 g/mol. The first-order valence-corrected chi connectivity index (χ1v) is 6.73. The van der Waals surface area contributed by atoms with Crippen molar-refractivity contribution in [1.29, 1.82) is 0 Å². The first kappa shape index (κ1) is 12.8. The summed E-state index contributed by atoms with van der Waals surface area (Å²) < 4.78 is 38.8. The first-order chi connectivity index (χ1) is 8.47. The number of pyridine rings is 1. The van der Waals surface area contributed by atoms with Crippen molar-refractivity contribution in [2.45, 2.75) is 4.90 Å². The van der Waals surface area contributed by atoms with E-state index in [2.05, 4.69) is 9.71 Å². The maximum Gasteiger partial charge on any atom is 0.263 e. The summed E-state index contributed by atoms with van der Waals surface area (Å²) in [4.78, 5) is 3.67. The van der Waals surface area contributed by atoms with Gasteiger partial charge in [0.15, 0.2) is 0 Å². The highest BCUT2D eigenvalue weighted by molar-refractivity contribution is 7.92. The number of halogens is 2. The monoisotopic (exact) mass is 286 g/mol. The molecule has 0 aliphatic heterocycles. The maximum absolute atomic E-state index is 12.7. The molecular formula is C11H8ClFN2O2S. The Bertz CT molecular complexity index is 642. The summed E-state index contributed by atoms with van der Waals surface area (Å²) >= 11 is 5.57. The lowest BCUT2D eigenvalue weighted by Crippen LogP contribution is -2.13. The predicted molar refractivity (Wildman–Crippen MR) is 66.5 cm³/mol. The molecule has 0 saturated heterocycles. The topological polar surface area (TPSA) is 59.1 Å². The normalized spacial score (nSPS) is 11.2. The molecule has 0 atom stereocenters. The van der Waals surface area contributed by atoms with E-state index in [4.69, 9.17) is 11.6 Å². The number of aromatic nitrogens is 1. The van der Waals surface area contributed by atoms with Gasteiger partial charge >= 0.3 is 0 Å². The van der Waals surface area contributed by atoms with Gasteiger partial charge in [0, 0.05) is 11.9 Å². The third-order valence-corrected chi connectivity index (χ3v) is 3.70. The second-order valence-electron chi connectivity index (χ2n) is 3.43. The number of nitrogens with one attached hydrogen (secondary N) is 1. The van der Waals surface area contributed by atoms with Crippen LogP contribution < -0.4 is 4.72 Å². The van der Waals surface area contributed by atoms with Gasteiger partial charge in [0.05, 0.1) is 0 Å². The van der Waals surface area contributed by atoms with Gasteiger partial charge in [-0.3, -0.25) is 4.72 Å². The number of anilines is 1. The number of nitrogens with zero attached hydrogens (tertiary/aromatic N) is 1. The molecule has 1 aromatic heterocycles. The molecule has 0 unspecified atom stereocenters. The molecule has 2 rings (SSSR count). The molecule has 0 fully saturated rings. The Morgan fingerprint density at radius 1 is 1.11 bits per heavy atom. The van der Waals surface area contributed by atoms with Crippen molar-refractivity contribution in [3.05, 3.63) is 53.6 Å². The average Bonchev–Trinajstić information content (AvgIpc) is 2.32. The molecule has 2 aromatic rings. The summed E-state index contributed by atoms with van der Waals surface area (Å²) in [5.41, 5.74) is 0.270. The molecule has 1 aromatic carbocycles. The third kappa shape index (κ3) is 2.96. The molecule has 0 spiro atoms. The fourth-order valence-electron chi connectivity index (χ4n) is 1.25. The Kier molecular flexibility index (Phi) is 3.49. The first-order valence-electron chi connectivity index (χ1n) is 4.87. The Balaban J connectivity index is 2.27. The lowest BCUT2D eigenvalue weighted by molar-refractivity contribution is 0.600. The predicted octanol–water partition coefficient (Wildman–Crippen LogP) is 2.67. The van der Waals surface area contributed by atoms with Crippen LogP contribution in [0, 0.1) is 5.82 Å². The molecule has 7 heteroatoms. The molecule has 18 heavy (non-hydrogen) atoms. The smallest absolute Gasteiger partial charge is 0.263 e. The van der Waals surface area contributed by atoms with Crippen LogP contribution in [0.15, 0.2) is 47.5 Å². The second kappa shape index (κ2) is 4.91. The van der Waals surface area contributed by atoms with Crippen LogP contribution in [-0.4, -0.2) is 13.4 Å².